The molecule has 3 nitrogen and oxygen atoms in total. The van der Waals surface area contributed by atoms with Gasteiger partial charge >= 0.3 is 0 Å². The van der Waals surface area contributed by atoms with Crippen LogP contribution < -0.4 is 0 Å². The van der Waals surface area contributed by atoms with Crippen molar-refractivity contribution in [2.75, 3.05) is 19.9 Å². The first kappa shape index (κ1) is 10.4. The standard InChI is InChI=1S/C10H20N2O/c1-4-10-11(5-2)7-8-12(10)9-13-6-3/h7-8,10H,4-6,9H2,1-3H3. The van der Waals surface area contributed by atoms with E-state index in [4.69, 9.17) is 4.74 Å². The molecule has 1 aliphatic heterocycles. The Bertz CT molecular complexity index is 170. The van der Waals surface area contributed by atoms with E-state index in [1.54, 1.807) is 0 Å². The van der Waals surface area contributed by atoms with Gasteiger partial charge in [0.05, 0.1) is 0 Å². The second kappa shape index (κ2) is 5.12. The molecular weight excluding hydrogens is 164 g/mol. The molecule has 0 bridgehead atoms. The first-order valence-electron chi connectivity index (χ1n) is 5.11. The zero-order valence-corrected chi connectivity index (χ0v) is 8.86. The summed E-state index contributed by atoms with van der Waals surface area (Å²) in [5, 5.41) is 0. The van der Waals surface area contributed by atoms with Crippen molar-refractivity contribution in [1.82, 2.24) is 9.80 Å². The highest BCUT2D eigenvalue weighted by atomic mass is 16.5. The van der Waals surface area contributed by atoms with E-state index in [9.17, 15) is 0 Å². The van der Waals surface area contributed by atoms with Crippen molar-refractivity contribution < 1.29 is 4.74 Å². The van der Waals surface area contributed by atoms with Gasteiger partial charge in [-0.1, -0.05) is 6.92 Å². The van der Waals surface area contributed by atoms with E-state index in [0.717, 1.165) is 19.6 Å². The van der Waals surface area contributed by atoms with E-state index in [1.165, 1.54) is 0 Å². The number of hydrogen-bond acceptors (Lipinski definition) is 3. The van der Waals surface area contributed by atoms with Crippen LogP contribution in [0.15, 0.2) is 12.4 Å². The summed E-state index contributed by atoms with van der Waals surface area (Å²) < 4.78 is 5.39. The van der Waals surface area contributed by atoms with Gasteiger partial charge in [0.15, 0.2) is 0 Å². The van der Waals surface area contributed by atoms with Crippen molar-refractivity contribution >= 4 is 0 Å². The number of ether oxygens (including phenoxy) is 1. The summed E-state index contributed by atoms with van der Waals surface area (Å²) in [4.78, 5) is 4.58. The van der Waals surface area contributed by atoms with Gasteiger partial charge in [-0.25, -0.2) is 0 Å². The van der Waals surface area contributed by atoms with Gasteiger partial charge in [-0.15, -0.1) is 0 Å². The average molecular weight is 184 g/mol. The van der Waals surface area contributed by atoms with Gasteiger partial charge < -0.3 is 14.5 Å². The van der Waals surface area contributed by atoms with E-state index in [0.29, 0.717) is 12.9 Å². The fourth-order valence-corrected chi connectivity index (χ4v) is 1.67. The van der Waals surface area contributed by atoms with Crippen LogP contribution in [0.4, 0.5) is 0 Å². The Kier molecular flexibility index (Phi) is 4.09. The third-order valence-electron chi connectivity index (χ3n) is 2.39. The Labute approximate surface area is 81.0 Å². The minimum absolute atomic E-state index is 0.497. The third-order valence-corrected chi connectivity index (χ3v) is 2.39. The van der Waals surface area contributed by atoms with Gasteiger partial charge in [-0.05, 0) is 20.3 Å². The van der Waals surface area contributed by atoms with Crippen LogP contribution in [0.5, 0.6) is 0 Å². The van der Waals surface area contributed by atoms with Crippen LogP contribution in [-0.2, 0) is 4.74 Å². The summed E-state index contributed by atoms with van der Waals surface area (Å²) in [6.07, 6.45) is 5.89. The molecule has 0 amide bonds. The van der Waals surface area contributed by atoms with Crippen molar-refractivity contribution in [3.05, 3.63) is 12.4 Å². The maximum atomic E-state index is 5.39. The summed E-state index contributed by atoms with van der Waals surface area (Å²) in [5.41, 5.74) is 0. The van der Waals surface area contributed by atoms with Gasteiger partial charge in [0.2, 0.25) is 0 Å². The largest absolute Gasteiger partial charge is 0.361 e. The maximum Gasteiger partial charge on any atom is 0.120 e. The summed E-state index contributed by atoms with van der Waals surface area (Å²) in [7, 11) is 0. The molecule has 0 spiro atoms. The Balaban J connectivity index is 2.42. The van der Waals surface area contributed by atoms with Crippen molar-refractivity contribution in [3.8, 4) is 0 Å². The molecule has 1 rings (SSSR count). The summed E-state index contributed by atoms with van der Waals surface area (Å²) in [6, 6.07) is 0. The van der Waals surface area contributed by atoms with Crippen LogP contribution in [0.2, 0.25) is 0 Å². The Morgan fingerprint density at radius 1 is 1.15 bits per heavy atom. The SMILES string of the molecule is CCOCN1C=CN(CC)C1CC. The number of nitrogens with zero attached hydrogens (tertiary/aromatic N) is 2. The minimum atomic E-state index is 0.497. The molecule has 0 aliphatic carbocycles. The summed E-state index contributed by atoms with van der Waals surface area (Å²) >= 11 is 0. The van der Waals surface area contributed by atoms with Crippen LogP contribution in [0.3, 0.4) is 0 Å². The molecule has 0 saturated heterocycles. The predicted molar refractivity (Wildman–Crippen MR) is 53.9 cm³/mol. The van der Waals surface area contributed by atoms with E-state index in [1.807, 2.05) is 6.92 Å². The average Bonchev–Trinajstić information content (AvgIpc) is 2.56. The molecule has 0 fully saturated rings. The van der Waals surface area contributed by atoms with Crippen molar-refractivity contribution in [1.29, 1.82) is 0 Å². The molecule has 3 heteroatoms. The van der Waals surface area contributed by atoms with Crippen LogP contribution >= 0.6 is 0 Å². The van der Waals surface area contributed by atoms with E-state index < -0.39 is 0 Å². The van der Waals surface area contributed by atoms with Crippen molar-refractivity contribution in [2.24, 2.45) is 0 Å². The van der Waals surface area contributed by atoms with E-state index >= 15 is 0 Å². The molecule has 0 aromatic heterocycles. The first-order valence-corrected chi connectivity index (χ1v) is 5.11. The molecular formula is C10H20N2O. The van der Waals surface area contributed by atoms with Crippen LogP contribution in [-0.4, -0.2) is 35.8 Å². The zero-order chi connectivity index (χ0) is 9.68. The molecule has 0 radical (unpaired) electrons. The molecule has 76 valence electrons. The van der Waals surface area contributed by atoms with Crippen LogP contribution in [0.1, 0.15) is 27.2 Å². The minimum Gasteiger partial charge on any atom is -0.361 e. The maximum absolute atomic E-state index is 5.39. The van der Waals surface area contributed by atoms with Crippen LogP contribution in [0.25, 0.3) is 0 Å². The molecule has 1 aliphatic rings. The van der Waals surface area contributed by atoms with Gasteiger partial charge in [-0.2, -0.15) is 0 Å². The number of hydrogen-bond donors (Lipinski definition) is 0. The highest BCUT2D eigenvalue weighted by Crippen LogP contribution is 2.17. The Morgan fingerprint density at radius 2 is 1.85 bits per heavy atom. The monoisotopic (exact) mass is 184 g/mol. The molecule has 1 unspecified atom stereocenters. The van der Waals surface area contributed by atoms with E-state index in [2.05, 4.69) is 36.0 Å². The van der Waals surface area contributed by atoms with Gasteiger partial charge in [0.25, 0.3) is 0 Å². The smallest absolute Gasteiger partial charge is 0.120 e. The molecule has 0 saturated carbocycles. The van der Waals surface area contributed by atoms with E-state index in [-0.39, 0.29) is 0 Å². The molecule has 13 heavy (non-hydrogen) atoms. The normalized spacial score (nSPS) is 21.6. The first-order chi connectivity index (χ1) is 6.33. The van der Waals surface area contributed by atoms with Crippen LogP contribution in [0, 0.1) is 0 Å². The lowest BCUT2D eigenvalue weighted by Crippen LogP contribution is -2.38. The second-order valence-electron chi connectivity index (χ2n) is 3.15. The fourth-order valence-electron chi connectivity index (χ4n) is 1.67. The van der Waals surface area contributed by atoms with Crippen molar-refractivity contribution in [3.63, 3.8) is 0 Å². The highest BCUT2D eigenvalue weighted by Gasteiger charge is 2.22. The summed E-state index contributed by atoms with van der Waals surface area (Å²) in [5.74, 6) is 0. The predicted octanol–water partition coefficient (Wildman–Crippen LogP) is 1.83. The fraction of sp³-hybridized carbons (Fsp3) is 0.800. The molecule has 0 aromatic rings. The highest BCUT2D eigenvalue weighted by molar-refractivity contribution is 4.95. The second-order valence-corrected chi connectivity index (χ2v) is 3.15. The molecule has 1 atom stereocenters. The lowest BCUT2D eigenvalue weighted by Gasteiger charge is -2.30. The van der Waals surface area contributed by atoms with Gasteiger partial charge in [0.1, 0.15) is 12.9 Å². The molecule has 1 heterocycles. The number of rotatable bonds is 5. The zero-order valence-electron chi connectivity index (χ0n) is 8.86. The third kappa shape index (κ3) is 2.37. The van der Waals surface area contributed by atoms with Crippen molar-refractivity contribution in [2.45, 2.75) is 33.4 Å². The Morgan fingerprint density at radius 3 is 2.38 bits per heavy atom. The van der Waals surface area contributed by atoms with Gasteiger partial charge in [-0.3, -0.25) is 0 Å². The van der Waals surface area contributed by atoms with Gasteiger partial charge in [0, 0.05) is 25.6 Å². The summed E-state index contributed by atoms with van der Waals surface area (Å²) in [6.45, 7) is 8.97. The lowest BCUT2D eigenvalue weighted by molar-refractivity contribution is 0.0163. The lowest BCUT2D eigenvalue weighted by atomic mass is 10.3. The topological polar surface area (TPSA) is 15.7 Å². The quantitative estimate of drug-likeness (QED) is 0.648. The molecule has 0 N–H and O–H groups in total. The Hall–Kier alpha value is -0.700. The molecule has 0 aromatic carbocycles.